The quantitative estimate of drug-likeness (QED) is 0.336. The van der Waals surface area contributed by atoms with Gasteiger partial charge in [0.1, 0.15) is 10.9 Å². The van der Waals surface area contributed by atoms with E-state index in [1.165, 1.54) is 0 Å². The van der Waals surface area contributed by atoms with Crippen molar-refractivity contribution in [2.75, 3.05) is 13.2 Å². The van der Waals surface area contributed by atoms with Crippen LogP contribution in [0.15, 0.2) is 0 Å². The van der Waals surface area contributed by atoms with Crippen molar-refractivity contribution in [2.45, 2.75) is 17.7 Å². The minimum Gasteiger partial charge on any atom is -0.368 e. The van der Waals surface area contributed by atoms with Crippen LogP contribution in [0.25, 0.3) is 0 Å². The van der Waals surface area contributed by atoms with Gasteiger partial charge >= 0.3 is 0 Å². The Balaban J connectivity index is 2.20. The zero-order valence-electron chi connectivity index (χ0n) is 6.66. The van der Waals surface area contributed by atoms with Crippen molar-refractivity contribution < 1.29 is 4.74 Å². The average molecular weight is 319 g/mol. The molecule has 0 amide bonds. The van der Waals surface area contributed by atoms with E-state index in [-0.39, 0.29) is 5.41 Å². The molecule has 0 aromatic carbocycles. The maximum absolute atomic E-state index is 5.91. The lowest BCUT2D eigenvalue weighted by Gasteiger charge is -2.10. The van der Waals surface area contributed by atoms with Gasteiger partial charge < -0.3 is 4.74 Å². The van der Waals surface area contributed by atoms with E-state index in [1.54, 1.807) is 0 Å². The van der Waals surface area contributed by atoms with Crippen LogP contribution in [0, 0.1) is 15.3 Å². The largest absolute Gasteiger partial charge is 0.368 e. The van der Waals surface area contributed by atoms with Gasteiger partial charge in [0.15, 0.2) is 0 Å². The van der Waals surface area contributed by atoms with Crippen molar-refractivity contribution in [3.8, 4) is 9.85 Å². The van der Waals surface area contributed by atoms with Gasteiger partial charge in [-0.2, -0.15) is 0 Å². The molecule has 0 radical (unpaired) electrons. The molecule has 1 fully saturated rings. The van der Waals surface area contributed by atoms with Crippen LogP contribution in [0.1, 0.15) is 13.3 Å². The Kier molecular flexibility index (Phi) is 3.56. The number of hydrogen-bond acceptors (Lipinski definition) is 1. The molecule has 1 atom stereocenters. The highest BCUT2D eigenvalue weighted by molar-refractivity contribution is 14.1. The highest BCUT2D eigenvalue weighted by Gasteiger charge is 2.62. The maximum Gasteiger partial charge on any atom is 0.126 e. The highest BCUT2D eigenvalue weighted by atomic mass is 127. The first-order valence-corrected chi connectivity index (χ1v) is 5.39. The molecule has 68 valence electrons. The molecule has 1 aliphatic rings. The standard InChI is InChI=1S/C8H9Cl2IO/c1-7(5-8(7,9)10)6-12-4-2-3-11/h4-6H2,1H3. The van der Waals surface area contributed by atoms with Crippen LogP contribution >= 0.6 is 45.8 Å². The maximum atomic E-state index is 5.91. The molecular weight excluding hydrogens is 310 g/mol. The fraction of sp³-hybridized carbons (Fsp3) is 0.750. The molecular formula is C8H9Cl2IO. The van der Waals surface area contributed by atoms with Crippen LogP contribution in [0.2, 0.25) is 0 Å². The van der Waals surface area contributed by atoms with Gasteiger partial charge in [0, 0.05) is 28.0 Å². The van der Waals surface area contributed by atoms with E-state index < -0.39 is 4.33 Å². The average Bonchev–Trinajstić information content (AvgIpc) is 2.45. The van der Waals surface area contributed by atoms with Gasteiger partial charge in [-0.25, -0.2) is 0 Å². The van der Waals surface area contributed by atoms with Gasteiger partial charge in [-0.1, -0.05) is 12.8 Å². The zero-order chi connectivity index (χ0) is 9.24. The molecule has 4 heteroatoms. The monoisotopic (exact) mass is 318 g/mol. The molecule has 0 spiro atoms. The number of halogens is 3. The smallest absolute Gasteiger partial charge is 0.126 e. The van der Waals surface area contributed by atoms with Crippen molar-refractivity contribution in [3.63, 3.8) is 0 Å². The third kappa shape index (κ3) is 2.41. The topological polar surface area (TPSA) is 9.23 Å². The fourth-order valence-corrected chi connectivity index (χ4v) is 1.81. The minimum absolute atomic E-state index is 0.0664. The summed E-state index contributed by atoms with van der Waals surface area (Å²) in [4.78, 5) is 0. The Morgan fingerprint density at radius 3 is 2.58 bits per heavy atom. The summed E-state index contributed by atoms with van der Waals surface area (Å²) in [6, 6.07) is 0. The molecule has 1 rings (SSSR count). The van der Waals surface area contributed by atoms with E-state index in [1.807, 2.05) is 29.5 Å². The molecule has 1 saturated carbocycles. The summed E-state index contributed by atoms with van der Waals surface area (Å²) in [5, 5.41) is 0. The molecule has 0 bridgehead atoms. The van der Waals surface area contributed by atoms with Crippen LogP contribution < -0.4 is 0 Å². The number of rotatable bonds is 3. The van der Waals surface area contributed by atoms with E-state index in [2.05, 4.69) is 9.85 Å². The lowest BCUT2D eigenvalue weighted by atomic mass is 10.2. The SMILES string of the molecule is CC1(COCC#CI)CC1(Cl)Cl. The number of hydrogen-bond donors (Lipinski definition) is 0. The Bertz CT molecular complexity index is 231. The Morgan fingerprint density at radius 2 is 2.17 bits per heavy atom. The fourth-order valence-electron chi connectivity index (χ4n) is 0.957. The second-order valence-corrected chi connectivity index (χ2v) is 5.23. The summed E-state index contributed by atoms with van der Waals surface area (Å²) in [6.45, 7) is 3.07. The van der Waals surface area contributed by atoms with E-state index in [0.29, 0.717) is 13.2 Å². The van der Waals surface area contributed by atoms with Gasteiger partial charge in [0.25, 0.3) is 0 Å². The highest BCUT2D eigenvalue weighted by Crippen LogP contribution is 2.63. The first-order chi connectivity index (χ1) is 5.52. The zero-order valence-corrected chi connectivity index (χ0v) is 10.3. The first kappa shape index (κ1) is 10.9. The second-order valence-electron chi connectivity index (χ2n) is 3.21. The molecule has 0 heterocycles. The Morgan fingerprint density at radius 1 is 1.58 bits per heavy atom. The van der Waals surface area contributed by atoms with Gasteiger partial charge in [-0.05, 0) is 10.3 Å². The predicted octanol–water partition coefficient (Wildman–Crippen LogP) is 2.98. The number of ether oxygens (including phenoxy) is 1. The van der Waals surface area contributed by atoms with Crippen LogP contribution in [0.3, 0.4) is 0 Å². The molecule has 1 nitrogen and oxygen atoms in total. The molecule has 0 aliphatic heterocycles. The van der Waals surface area contributed by atoms with Crippen molar-refractivity contribution in [2.24, 2.45) is 5.41 Å². The summed E-state index contributed by atoms with van der Waals surface area (Å²) in [5.74, 6) is 2.80. The lowest BCUT2D eigenvalue weighted by Crippen LogP contribution is -2.13. The molecule has 0 aromatic heterocycles. The van der Waals surface area contributed by atoms with Crippen LogP contribution in [-0.2, 0) is 4.74 Å². The summed E-state index contributed by atoms with van der Waals surface area (Å²) >= 11 is 13.8. The first-order valence-electron chi connectivity index (χ1n) is 3.56. The Labute approximate surface area is 96.3 Å². The third-order valence-electron chi connectivity index (χ3n) is 2.03. The third-order valence-corrected chi connectivity index (χ3v) is 3.59. The van der Waals surface area contributed by atoms with Gasteiger partial charge in [0.2, 0.25) is 0 Å². The summed E-state index contributed by atoms with van der Waals surface area (Å²) in [7, 11) is 0. The van der Waals surface area contributed by atoms with Gasteiger partial charge in [0.05, 0.1) is 6.61 Å². The van der Waals surface area contributed by atoms with Gasteiger partial charge in [-0.15, -0.1) is 23.2 Å². The molecule has 1 unspecified atom stereocenters. The van der Waals surface area contributed by atoms with Crippen molar-refractivity contribution >= 4 is 45.8 Å². The van der Waals surface area contributed by atoms with E-state index in [4.69, 9.17) is 27.9 Å². The van der Waals surface area contributed by atoms with Crippen molar-refractivity contribution in [1.82, 2.24) is 0 Å². The molecule has 12 heavy (non-hydrogen) atoms. The second kappa shape index (κ2) is 3.91. The summed E-state index contributed by atoms with van der Waals surface area (Å²) in [5.41, 5.74) is -0.0664. The lowest BCUT2D eigenvalue weighted by molar-refractivity contribution is 0.123. The summed E-state index contributed by atoms with van der Waals surface area (Å²) in [6.07, 6.45) is 0.806. The number of alkyl halides is 2. The van der Waals surface area contributed by atoms with Crippen LogP contribution in [-0.4, -0.2) is 17.5 Å². The molecule has 0 saturated heterocycles. The van der Waals surface area contributed by atoms with Crippen molar-refractivity contribution in [1.29, 1.82) is 0 Å². The van der Waals surface area contributed by atoms with Crippen LogP contribution in [0.5, 0.6) is 0 Å². The Hall–Kier alpha value is 0.830. The van der Waals surface area contributed by atoms with E-state index in [0.717, 1.165) is 6.42 Å². The summed E-state index contributed by atoms with van der Waals surface area (Å²) < 4.78 is 7.43. The minimum atomic E-state index is -0.579. The van der Waals surface area contributed by atoms with E-state index >= 15 is 0 Å². The van der Waals surface area contributed by atoms with Gasteiger partial charge in [-0.3, -0.25) is 0 Å². The van der Waals surface area contributed by atoms with Crippen LogP contribution in [0.4, 0.5) is 0 Å². The normalized spacial score (nSPS) is 30.7. The molecule has 1 aliphatic carbocycles. The predicted molar refractivity (Wildman–Crippen MR) is 59.8 cm³/mol. The molecule has 0 N–H and O–H groups in total. The van der Waals surface area contributed by atoms with Crippen molar-refractivity contribution in [3.05, 3.63) is 0 Å². The van der Waals surface area contributed by atoms with E-state index in [9.17, 15) is 0 Å². The molecule has 0 aromatic rings.